The van der Waals surface area contributed by atoms with E-state index in [-0.39, 0.29) is 50.4 Å². The summed E-state index contributed by atoms with van der Waals surface area (Å²) in [5, 5.41) is 0. The summed E-state index contributed by atoms with van der Waals surface area (Å²) in [6.07, 6.45) is 107. The Morgan fingerprint density at radius 1 is 0.241 bits per heavy atom. The number of carbonyl (C=O) groups is 3. The Bertz CT molecular complexity index is 2080. The number of ether oxygens (including phenoxy) is 3. The number of carbonyl (C=O) groups excluding carboxylic acids is 3. The van der Waals surface area contributed by atoms with Crippen molar-refractivity contribution in [1.29, 1.82) is 0 Å². The first-order valence-corrected chi connectivity index (χ1v) is 32.2. The molecule has 1 unspecified atom stereocenters. The van der Waals surface area contributed by atoms with Crippen LogP contribution in [0.4, 0.5) is 0 Å². The van der Waals surface area contributed by atoms with Gasteiger partial charge in [0.25, 0.3) is 0 Å². The van der Waals surface area contributed by atoms with E-state index in [4.69, 9.17) is 14.2 Å². The van der Waals surface area contributed by atoms with Crippen molar-refractivity contribution in [2.75, 3.05) is 13.2 Å². The molecule has 1 atom stereocenters. The summed E-state index contributed by atoms with van der Waals surface area (Å²) in [5.74, 6) is -1.05. The Kier molecular flexibility index (Phi) is 63.1. The lowest BCUT2D eigenvalue weighted by molar-refractivity contribution is -0.167. The predicted molar refractivity (Wildman–Crippen MR) is 361 cm³/mol. The number of allylic oxidation sites excluding steroid dienone is 36. The van der Waals surface area contributed by atoms with Crippen LogP contribution in [0.25, 0.3) is 0 Å². The second-order valence-electron chi connectivity index (χ2n) is 20.2. The zero-order chi connectivity index (χ0) is 59.9. The van der Waals surface area contributed by atoms with Crippen LogP contribution < -0.4 is 0 Å². The summed E-state index contributed by atoms with van der Waals surface area (Å²) in [6.45, 7) is 6.18. The number of esters is 3. The van der Waals surface area contributed by atoms with Crippen LogP contribution in [0.3, 0.4) is 0 Å². The first kappa shape index (κ1) is 76.7. The fraction of sp³-hybridized carbons (Fsp3) is 0.494. The van der Waals surface area contributed by atoms with Crippen LogP contribution in [-0.2, 0) is 28.6 Å². The molecule has 0 fully saturated rings. The molecular formula is C77H114O6. The van der Waals surface area contributed by atoms with Gasteiger partial charge in [0.05, 0.1) is 0 Å². The molecule has 0 amide bonds. The first-order valence-electron chi connectivity index (χ1n) is 32.2. The minimum atomic E-state index is -0.843. The average molecular weight is 1140 g/mol. The van der Waals surface area contributed by atoms with E-state index in [1.54, 1.807) is 0 Å². The van der Waals surface area contributed by atoms with E-state index < -0.39 is 6.10 Å². The molecule has 0 aromatic heterocycles. The molecule has 0 N–H and O–H groups in total. The molecule has 0 aromatic rings. The van der Waals surface area contributed by atoms with Crippen molar-refractivity contribution in [2.24, 2.45) is 0 Å². The molecule has 6 heteroatoms. The lowest BCUT2D eigenvalue weighted by atomic mass is 10.1. The van der Waals surface area contributed by atoms with Crippen molar-refractivity contribution >= 4 is 17.9 Å². The van der Waals surface area contributed by atoms with Crippen LogP contribution in [-0.4, -0.2) is 37.2 Å². The molecule has 83 heavy (non-hydrogen) atoms. The minimum absolute atomic E-state index is 0.136. The van der Waals surface area contributed by atoms with Crippen LogP contribution >= 0.6 is 0 Å². The molecule has 0 aliphatic heterocycles. The second-order valence-corrected chi connectivity index (χ2v) is 20.2. The van der Waals surface area contributed by atoms with E-state index in [2.05, 4.69) is 240 Å². The highest BCUT2D eigenvalue weighted by molar-refractivity contribution is 5.71. The topological polar surface area (TPSA) is 78.9 Å². The van der Waals surface area contributed by atoms with Crippen molar-refractivity contribution in [1.82, 2.24) is 0 Å². The largest absolute Gasteiger partial charge is 0.462 e. The van der Waals surface area contributed by atoms with Gasteiger partial charge in [0, 0.05) is 19.3 Å². The third kappa shape index (κ3) is 66.4. The summed E-state index contributed by atoms with van der Waals surface area (Å²) in [7, 11) is 0. The van der Waals surface area contributed by atoms with Crippen LogP contribution in [0.1, 0.15) is 226 Å². The maximum Gasteiger partial charge on any atom is 0.306 e. The van der Waals surface area contributed by atoms with Gasteiger partial charge in [-0.25, -0.2) is 0 Å². The molecule has 0 saturated carbocycles. The standard InChI is InChI=1S/C77H114O6/c1-4-7-10-13-16-19-22-25-28-30-32-33-34-35-36-37-38-39-40-41-42-43-45-46-49-52-55-58-61-64-67-70-76(79)82-73-74(72-81-75(78)69-66-63-60-57-54-51-48-27-24-21-18-15-12-9-6-3)83-77(80)71-68-65-62-59-56-53-50-47-44-31-29-26-23-20-17-14-11-8-5-2/h7-12,16-21,25-29,32-33,35-36,38-39,41-42,44-48,52-57,74H,4-6,13-15,22-24,30-31,34,37,40,43,49-51,58-73H2,1-3H3/b10-7-,11-8-,12-9-,19-16-,20-17-,21-18-,28-25-,29-26-,33-32-,36-35-,39-38-,42-41-,46-45-,47-44-,48-27-,55-52-,56-53-,57-54-. The lowest BCUT2D eigenvalue weighted by Crippen LogP contribution is -2.30. The van der Waals surface area contributed by atoms with Crippen molar-refractivity contribution in [3.63, 3.8) is 0 Å². The Hall–Kier alpha value is -6.27. The molecular weight excluding hydrogens is 1020 g/mol. The highest BCUT2D eigenvalue weighted by Crippen LogP contribution is 2.11. The highest BCUT2D eigenvalue weighted by Gasteiger charge is 2.19. The smallest absolute Gasteiger partial charge is 0.306 e. The van der Waals surface area contributed by atoms with E-state index in [9.17, 15) is 14.4 Å². The number of hydrogen-bond acceptors (Lipinski definition) is 6. The zero-order valence-electron chi connectivity index (χ0n) is 52.4. The second kappa shape index (κ2) is 68.2. The molecule has 6 nitrogen and oxygen atoms in total. The Morgan fingerprint density at radius 3 is 0.675 bits per heavy atom. The summed E-state index contributed by atoms with van der Waals surface area (Å²) >= 11 is 0. The molecule has 0 spiro atoms. The maximum absolute atomic E-state index is 12.9. The van der Waals surface area contributed by atoms with Crippen LogP contribution in [0.2, 0.25) is 0 Å². The zero-order valence-corrected chi connectivity index (χ0v) is 52.4. The van der Waals surface area contributed by atoms with E-state index >= 15 is 0 Å². The third-order valence-corrected chi connectivity index (χ3v) is 12.5. The lowest BCUT2D eigenvalue weighted by Gasteiger charge is -2.18. The maximum atomic E-state index is 12.9. The average Bonchev–Trinajstić information content (AvgIpc) is 3.49. The van der Waals surface area contributed by atoms with Gasteiger partial charge in [0.2, 0.25) is 0 Å². The van der Waals surface area contributed by atoms with E-state index in [1.807, 2.05) is 0 Å². The SMILES string of the molecule is CC/C=C\C/C=C\C/C=C\C/C=C\C/C=C\C/C=C\C/C=C\C/C=C\C/C=C\CCCCCC(=O)OCC(COC(=O)CCCC/C=C\C/C=C\C/C=C\C/C=C\CC)OC(=O)CCCCC/C=C\C/C=C\C/C=C\C/C=C\C/C=C\CC. The fourth-order valence-electron chi connectivity index (χ4n) is 7.74. The number of hydrogen-bond donors (Lipinski definition) is 0. The fourth-order valence-corrected chi connectivity index (χ4v) is 7.74. The minimum Gasteiger partial charge on any atom is -0.462 e. The Balaban J connectivity index is 4.54. The predicted octanol–water partition coefficient (Wildman–Crippen LogP) is 22.5. The van der Waals surface area contributed by atoms with E-state index in [1.165, 1.54) is 0 Å². The highest BCUT2D eigenvalue weighted by atomic mass is 16.6. The van der Waals surface area contributed by atoms with Crippen LogP contribution in [0.5, 0.6) is 0 Å². The molecule has 0 bridgehead atoms. The molecule has 0 radical (unpaired) electrons. The monoisotopic (exact) mass is 1130 g/mol. The summed E-state index contributed by atoms with van der Waals surface area (Å²) in [4.78, 5) is 38.3. The Labute approximate surface area is 508 Å². The van der Waals surface area contributed by atoms with Gasteiger partial charge in [-0.15, -0.1) is 0 Å². The van der Waals surface area contributed by atoms with Crippen molar-refractivity contribution < 1.29 is 28.6 Å². The van der Waals surface area contributed by atoms with Crippen molar-refractivity contribution in [3.05, 3.63) is 219 Å². The molecule has 0 aromatic carbocycles. The number of rotatable bonds is 55. The molecule has 458 valence electrons. The molecule has 0 saturated heterocycles. The van der Waals surface area contributed by atoms with Gasteiger partial charge in [0.1, 0.15) is 13.2 Å². The first-order chi connectivity index (χ1) is 41.0. The van der Waals surface area contributed by atoms with Crippen molar-refractivity contribution in [3.8, 4) is 0 Å². The van der Waals surface area contributed by atoms with Crippen LogP contribution in [0.15, 0.2) is 219 Å². The molecule has 0 rings (SSSR count). The summed E-state index contributed by atoms with van der Waals surface area (Å²) in [5.41, 5.74) is 0. The van der Waals surface area contributed by atoms with Crippen LogP contribution in [0, 0.1) is 0 Å². The van der Waals surface area contributed by atoms with E-state index in [0.29, 0.717) is 12.8 Å². The normalized spacial score (nSPS) is 13.6. The molecule has 0 heterocycles. The summed E-state index contributed by atoms with van der Waals surface area (Å²) < 4.78 is 16.8. The molecule has 0 aliphatic rings. The van der Waals surface area contributed by atoms with Gasteiger partial charge in [-0.2, -0.15) is 0 Å². The Morgan fingerprint density at radius 2 is 0.434 bits per heavy atom. The van der Waals surface area contributed by atoms with E-state index in [0.717, 1.165) is 173 Å². The van der Waals surface area contributed by atoms with Gasteiger partial charge in [-0.3, -0.25) is 14.4 Å². The molecule has 0 aliphatic carbocycles. The van der Waals surface area contributed by atoms with Gasteiger partial charge >= 0.3 is 17.9 Å². The van der Waals surface area contributed by atoms with Crippen molar-refractivity contribution in [2.45, 2.75) is 232 Å². The number of unbranched alkanes of at least 4 members (excludes halogenated alkanes) is 8. The van der Waals surface area contributed by atoms with Gasteiger partial charge in [0.15, 0.2) is 6.10 Å². The van der Waals surface area contributed by atoms with Gasteiger partial charge in [-0.1, -0.05) is 252 Å². The summed E-state index contributed by atoms with van der Waals surface area (Å²) in [6, 6.07) is 0. The quantitative estimate of drug-likeness (QED) is 0.0261. The third-order valence-electron chi connectivity index (χ3n) is 12.5. The van der Waals surface area contributed by atoms with Gasteiger partial charge < -0.3 is 14.2 Å². The van der Waals surface area contributed by atoms with Gasteiger partial charge in [-0.05, 0) is 173 Å².